The van der Waals surface area contributed by atoms with Crippen LogP contribution < -0.4 is 10.9 Å². The van der Waals surface area contributed by atoms with Gasteiger partial charge < -0.3 is 10.3 Å². The van der Waals surface area contributed by atoms with Gasteiger partial charge in [0.25, 0.3) is 5.56 Å². The Morgan fingerprint density at radius 3 is 2.80 bits per heavy atom. The van der Waals surface area contributed by atoms with Gasteiger partial charge in [-0.05, 0) is 30.7 Å². The highest BCUT2D eigenvalue weighted by Gasteiger charge is 2.17. The van der Waals surface area contributed by atoms with Gasteiger partial charge in [0.05, 0.1) is 16.4 Å². The van der Waals surface area contributed by atoms with Gasteiger partial charge in [-0.15, -0.1) is 23.1 Å². The molecule has 30 heavy (non-hydrogen) atoms. The SMILES string of the molecule is CC(SCc1nc2scc(-c3ccccc3)c2c(=O)[nH]1)C(=O)Nc1cccc(F)c1. The maximum absolute atomic E-state index is 13.3. The van der Waals surface area contributed by atoms with Crippen LogP contribution in [0.4, 0.5) is 10.1 Å². The largest absolute Gasteiger partial charge is 0.325 e. The Kier molecular flexibility index (Phi) is 5.96. The Hall–Kier alpha value is -2.97. The molecule has 0 aliphatic heterocycles. The van der Waals surface area contributed by atoms with Gasteiger partial charge in [0.1, 0.15) is 16.5 Å². The maximum Gasteiger partial charge on any atom is 0.260 e. The Morgan fingerprint density at radius 1 is 1.23 bits per heavy atom. The molecule has 1 unspecified atom stereocenters. The van der Waals surface area contributed by atoms with Crippen LogP contribution in [0.2, 0.25) is 0 Å². The number of fused-ring (bicyclic) bond motifs is 1. The van der Waals surface area contributed by atoms with Gasteiger partial charge in [-0.2, -0.15) is 0 Å². The number of carbonyl (C=O) groups is 1. The summed E-state index contributed by atoms with van der Waals surface area (Å²) in [5, 5.41) is 4.81. The van der Waals surface area contributed by atoms with Crippen molar-refractivity contribution >= 4 is 44.9 Å². The molecule has 152 valence electrons. The molecule has 0 saturated carbocycles. The number of halogens is 1. The van der Waals surface area contributed by atoms with Crippen LogP contribution in [0.25, 0.3) is 21.3 Å². The van der Waals surface area contributed by atoms with Crippen molar-refractivity contribution in [1.29, 1.82) is 0 Å². The van der Waals surface area contributed by atoms with Crippen molar-refractivity contribution in [1.82, 2.24) is 9.97 Å². The van der Waals surface area contributed by atoms with Gasteiger partial charge in [-0.3, -0.25) is 9.59 Å². The lowest BCUT2D eigenvalue weighted by Crippen LogP contribution is -2.23. The molecular weight excluding hydrogens is 421 g/mol. The second kappa shape index (κ2) is 8.81. The molecule has 2 aromatic heterocycles. The Balaban J connectivity index is 1.47. The summed E-state index contributed by atoms with van der Waals surface area (Å²) in [4.78, 5) is 33.1. The average Bonchev–Trinajstić information content (AvgIpc) is 3.17. The first-order valence-corrected chi connectivity index (χ1v) is 11.2. The molecule has 0 fully saturated rings. The van der Waals surface area contributed by atoms with E-state index in [1.54, 1.807) is 13.0 Å². The molecule has 8 heteroatoms. The number of thioether (sulfide) groups is 1. The second-order valence-corrected chi connectivity index (χ2v) is 8.85. The fourth-order valence-corrected chi connectivity index (χ4v) is 4.70. The van der Waals surface area contributed by atoms with Crippen molar-refractivity contribution in [2.75, 3.05) is 5.32 Å². The third-order valence-electron chi connectivity index (χ3n) is 4.51. The minimum absolute atomic E-state index is 0.187. The minimum atomic E-state index is -0.408. The van der Waals surface area contributed by atoms with Crippen molar-refractivity contribution in [3.05, 3.63) is 82.0 Å². The van der Waals surface area contributed by atoms with E-state index in [9.17, 15) is 14.0 Å². The lowest BCUT2D eigenvalue weighted by molar-refractivity contribution is -0.115. The third kappa shape index (κ3) is 4.44. The van der Waals surface area contributed by atoms with Crippen LogP contribution >= 0.6 is 23.1 Å². The highest BCUT2D eigenvalue weighted by Crippen LogP contribution is 2.30. The molecule has 2 aromatic carbocycles. The van der Waals surface area contributed by atoms with Crippen LogP contribution in [0, 0.1) is 5.82 Å². The van der Waals surface area contributed by atoms with E-state index in [0.717, 1.165) is 11.1 Å². The van der Waals surface area contributed by atoms with Crippen molar-refractivity contribution in [3.8, 4) is 11.1 Å². The first-order chi connectivity index (χ1) is 14.5. The topological polar surface area (TPSA) is 74.8 Å². The van der Waals surface area contributed by atoms with Crippen LogP contribution in [-0.4, -0.2) is 21.1 Å². The molecule has 0 bridgehead atoms. The molecule has 0 aliphatic rings. The first-order valence-electron chi connectivity index (χ1n) is 9.25. The zero-order valence-corrected chi connectivity index (χ0v) is 17.6. The molecule has 1 amide bonds. The number of hydrogen-bond donors (Lipinski definition) is 2. The van der Waals surface area contributed by atoms with Crippen LogP contribution in [0.1, 0.15) is 12.7 Å². The van der Waals surface area contributed by atoms with E-state index in [1.165, 1.54) is 41.3 Å². The summed E-state index contributed by atoms with van der Waals surface area (Å²) in [7, 11) is 0. The molecule has 0 spiro atoms. The third-order valence-corrected chi connectivity index (χ3v) is 6.54. The first kappa shape index (κ1) is 20.3. The smallest absolute Gasteiger partial charge is 0.260 e. The standard InChI is InChI=1S/C22H18FN3O2S2/c1-13(20(27)24-16-9-5-8-15(23)10-16)29-12-18-25-21(28)19-17(11-30-22(19)26-18)14-6-3-2-4-7-14/h2-11,13H,12H2,1H3,(H,24,27)(H,25,26,28). The van der Waals surface area contributed by atoms with Crippen molar-refractivity contribution in [2.24, 2.45) is 0 Å². The number of thiophene rings is 1. The number of nitrogens with zero attached hydrogens (tertiary/aromatic N) is 1. The fraction of sp³-hybridized carbons (Fsp3) is 0.136. The molecule has 4 rings (SSSR count). The summed E-state index contributed by atoms with van der Waals surface area (Å²) in [5.74, 6) is 0.247. The van der Waals surface area contributed by atoms with Crippen LogP contribution in [0.15, 0.2) is 64.8 Å². The van der Waals surface area contributed by atoms with E-state index >= 15 is 0 Å². The van der Waals surface area contributed by atoms with Gasteiger partial charge in [0.15, 0.2) is 0 Å². The number of H-pyrrole nitrogens is 1. The van der Waals surface area contributed by atoms with Gasteiger partial charge >= 0.3 is 0 Å². The van der Waals surface area contributed by atoms with Crippen molar-refractivity contribution in [3.63, 3.8) is 0 Å². The summed E-state index contributed by atoms with van der Waals surface area (Å²) in [6, 6.07) is 15.5. The average molecular weight is 440 g/mol. The van der Waals surface area contributed by atoms with E-state index in [2.05, 4.69) is 15.3 Å². The zero-order valence-electron chi connectivity index (χ0n) is 16.0. The lowest BCUT2D eigenvalue weighted by atomic mass is 10.1. The molecule has 4 aromatic rings. The minimum Gasteiger partial charge on any atom is -0.325 e. The van der Waals surface area contributed by atoms with E-state index < -0.39 is 11.1 Å². The Bertz CT molecular complexity index is 1250. The summed E-state index contributed by atoms with van der Waals surface area (Å²) >= 11 is 2.77. The summed E-state index contributed by atoms with van der Waals surface area (Å²) in [5.41, 5.74) is 2.06. The number of aromatic nitrogens is 2. The zero-order chi connectivity index (χ0) is 21.1. The number of aromatic amines is 1. The second-order valence-electron chi connectivity index (χ2n) is 6.66. The molecule has 0 saturated heterocycles. The number of hydrogen-bond acceptors (Lipinski definition) is 5. The number of carbonyl (C=O) groups excluding carboxylic acids is 1. The number of anilines is 1. The summed E-state index contributed by atoms with van der Waals surface area (Å²) < 4.78 is 13.3. The van der Waals surface area contributed by atoms with E-state index in [4.69, 9.17) is 0 Å². The summed E-state index contributed by atoms with van der Waals surface area (Å²) in [6.07, 6.45) is 0. The van der Waals surface area contributed by atoms with Crippen LogP contribution in [0.3, 0.4) is 0 Å². The lowest BCUT2D eigenvalue weighted by Gasteiger charge is -2.12. The predicted octanol–water partition coefficient (Wildman–Crippen LogP) is 5.05. The molecule has 5 nitrogen and oxygen atoms in total. The maximum atomic E-state index is 13.3. The van der Waals surface area contributed by atoms with Gasteiger partial charge in [-0.25, -0.2) is 9.37 Å². The van der Waals surface area contributed by atoms with E-state index in [-0.39, 0.29) is 11.5 Å². The normalized spacial score (nSPS) is 12.1. The Morgan fingerprint density at radius 2 is 2.03 bits per heavy atom. The number of amides is 1. The van der Waals surface area contributed by atoms with Gasteiger partial charge in [0, 0.05) is 16.6 Å². The number of nitrogens with one attached hydrogen (secondary N) is 2. The van der Waals surface area contributed by atoms with Crippen molar-refractivity contribution in [2.45, 2.75) is 17.9 Å². The van der Waals surface area contributed by atoms with E-state index in [1.807, 2.05) is 35.7 Å². The number of rotatable bonds is 6. The molecular formula is C22H18FN3O2S2. The van der Waals surface area contributed by atoms with Crippen LogP contribution in [-0.2, 0) is 10.5 Å². The Labute approximate surface area is 180 Å². The fourth-order valence-electron chi connectivity index (χ4n) is 2.98. The molecule has 1 atom stereocenters. The highest BCUT2D eigenvalue weighted by atomic mass is 32.2. The molecule has 2 N–H and O–H groups in total. The van der Waals surface area contributed by atoms with E-state index in [0.29, 0.717) is 27.5 Å². The quantitative estimate of drug-likeness (QED) is 0.441. The molecule has 0 aliphatic carbocycles. The van der Waals surface area contributed by atoms with Gasteiger partial charge in [-0.1, -0.05) is 36.4 Å². The monoisotopic (exact) mass is 439 g/mol. The molecule has 2 heterocycles. The predicted molar refractivity (Wildman–Crippen MR) is 121 cm³/mol. The molecule has 0 radical (unpaired) electrons. The van der Waals surface area contributed by atoms with Gasteiger partial charge in [0.2, 0.25) is 5.91 Å². The summed E-state index contributed by atoms with van der Waals surface area (Å²) in [6.45, 7) is 1.76. The highest BCUT2D eigenvalue weighted by molar-refractivity contribution is 7.99. The number of benzene rings is 2. The van der Waals surface area contributed by atoms with Crippen molar-refractivity contribution < 1.29 is 9.18 Å². The van der Waals surface area contributed by atoms with Crippen LogP contribution in [0.5, 0.6) is 0 Å².